The molecule has 84 valence electrons. The average Bonchev–Trinajstić information content (AvgIpc) is 2.62. The third-order valence-electron chi connectivity index (χ3n) is 2.64. The Morgan fingerprint density at radius 2 is 1.94 bits per heavy atom. The maximum atomic E-state index is 3.44. The van der Waals surface area contributed by atoms with Gasteiger partial charge in [-0.1, -0.05) is 28.1 Å². The standard InChI is InChI=1S/C13H15BrN2/c1-9-11(8-15-2)7-13(16-9)10-3-5-12(14)6-4-10/h3-7,15-16H,8H2,1-2H3. The number of nitrogens with one attached hydrogen (secondary N) is 2. The number of rotatable bonds is 3. The number of aromatic nitrogens is 1. The Morgan fingerprint density at radius 3 is 2.56 bits per heavy atom. The predicted octanol–water partition coefficient (Wildman–Crippen LogP) is 3.47. The molecule has 0 fully saturated rings. The van der Waals surface area contributed by atoms with E-state index < -0.39 is 0 Å². The lowest BCUT2D eigenvalue weighted by Crippen LogP contribution is -2.04. The van der Waals surface area contributed by atoms with E-state index in [2.05, 4.69) is 63.5 Å². The molecule has 0 aliphatic heterocycles. The van der Waals surface area contributed by atoms with Crippen LogP contribution in [-0.4, -0.2) is 12.0 Å². The van der Waals surface area contributed by atoms with E-state index in [1.54, 1.807) is 0 Å². The van der Waals surface area contributed by atoms with Crippen molar-refractivity contribution in [1.82, 2.24) is 10.3 Å². The lowest BCUT2D eigenvalue weighted by atomic mass is 10.1. The van der Waals surface area contributed by atoms with E-state index in [0.717, 1.165) is 11.0 Å². The van der Waals surface area contributed by atoms with Gasteiger partial charge < -0.3 is 10.3 Å². The van der Waals surface area contributed by atoms with Crippen molar-refractivity contribution in [2.75, 3.05) is 7.05 Å². The SMILES string of the molecule is CNCc1cc(-c2ccc(Br)cc2)[nH]c1C. The second kappa shape index (κ2) is 4.85. The Balaban J connectivity index is 2.33. The molecule has 0 aliphatic rings. The number of aromatic amines is 1. The van der Waals surface area contributed by atoms with Crippen LogP contribution in [-0.2, 0) is 6.54 Å². The molecule has 16 heavy (non-hydrogen) atoms. The highest BCUT2D eigenvalue weighted by Crippen LogP contribution is 2.23. The van der Waals surface area contributed by atoms with E-state index >= 15 is 0 Å². The van der Waals surface area contributed by atoms with Crippen LogP contribution in [0.1, 0.15) is 11.3 Å². The highest BCUT2D eigenvalue weighted by atomic mass is 79.9. The molecule has 0 saturated carbocycles. The van der Waals surface area contributed by atoms with E-state index in [1.165, 1.54) is 22.5 Å². The predicted molar refractivity (Wildman–Crippen MR) is 71.4 cm³/mol. The van der Waals surface area contributed by atoms with Crippen molar-refractivity contribution in [1.29, 1.82) is 0 Å². The van der Waals surface area contributed by atoms with E-state index in [4.69, 9.17) is 0 Å². The van der Waals surface area contributed by atoms with Gasteiger partial charge in [0.2, 0.25) is 0 Å². The summed E-state index contributed by atoms with van der Waals surface area (Å²) in [5.74, 6) is 0. The van der Waals surface area contributed by atoms with Gasteiger partial charge in [0.25, 0.3) is 0 Å². The molecular formula is C13H15BrN2. The molecule has 0 unspecified atom stereocenters. The number of aryl methyl sites for hydroxylation is 1. The largest absolute Gasteiger partial charge is 0.358 e. The minimum atomic E-state index is 0.902. The molecule has 0 spiro atoms. The van der Waals surface area contributed by atoms with Gasteiger partial charge in [0.15, 0.2) is 0 Å². The topological polar surface area (TPSA) is 27.8 Å². The molecule has 0 atom stereocenters. The number of hydrogen-bond acceptors (Lipinski definition) is 1. The normalized spacial score (nSPS) is 10.7. The second-order valence-electron chi connectivity index (χ2n) is 3.87. The molecule has 1 aromatic heterocycles. The van der Waals surface area contributed by atoms with Crippen molar-refractivity contribution in [2.24, 2.45) is 0 Å². The van der Waals surface area contributed by atoms with Gasteiger partial charge in [-0.25, -0.2) is 0 Å². The summed E-state index contributed by atoms with van der Waals surface area (Å²) in [4.78, 5) is 3.41. The van der Waals surface area contributed by atoms with Gasteiger partial charge in [-0.2, -0.15) is 0 Å². The zero-order chi connectivity index (χ0) is 11.5. The van der Waals surface area contributed by atoms with Crippen LogP contribution >= 0.6 is 15.9 Å². The van der Waals surface area contributed by atoms with Crippen LogP contribution in [0.4, 0.5) is 0 Å². The summed E-state index contributed by atoms with van der Waals surface area (Å²) < 4.78 is 1.11. The summed E-state index contributed by atoms with van der Waals surface area (Å²) in [6, 6.07) is 10.5. The molecule has 0 aliphatic carbocycles. The number of hydrogen-bond donors (Lipinski definition) is 2. The minimum Gasteiger partial charge on any atom is -0.358 e. The zero-order valence-corrected chi connectivity index (χ0v) is 11.1. The smallest absolute Gasteiger partial charge is 0.0459 e. The van der Waals surface area contributed by atoms with Crippen molar-refractivity contribution < 1.29 is 0 Å². The zero-order valence-electron chi connectivity index (χ0n) is 9.47. The van der Waals surface area contributed by atoms with Gasteiger partial charge in [-0.05, 0) is 43.3 Å². The first-order valence-electron chi connectivity index (χ1n) is 5.29. The summed E-state index contributed by atoms with van der Waals surface area (Å²) in [6.07, 6.45) is 0. The van der Waals surface area contributed by atoms with Crippen molar-refractivity contribution in [3.05, 3.63) is 46.1 Å². The molecule has 2 N–H and O–H groups in total. The van der Waals surface area contributed by atoms with E-state index in [-0.39, 0.29) is 0 Å². The number of halogens is 1. The monoisotopic (exact) mass is 278 g/mol. The summed E-state index contributed by atoms with van der Waals surface area (Å²) >= 11 is 3.44. The van der Waals surface area contributed by atoms with Gasteiger partial charge in [0.05, 0.1) is 0 Å². The maximum Gasteiger partial charge on any atom is 0.0459 e. The molecule has 2 aromatic rings. The molecule has 1 aromatic carbocycles. The first-order chi connectivity index (χ1) is 7.70. The number of benzene rings is 1. The fourth-order valence-electron chi connectivity index (χ4n) is 1.76. The fraction of sp³-hybridized carbons (Fsp3) is 0.231. The third kappa shape index (κ3) is 2.36. The highest BCUT2D eigenvalue weighted by Gasteiger charge is 2.05. The first-order valence-corrected chi connectivity index (χ1v) is 6.09. The van der Waals surface area contributed by atoms with Gasteiger partial charge in [-0.3, -0.25) is 0 Å². The lowest BCUT2D eigenvalue weighted by molar-refractivity contribution is 0.812. The second-order valence-corrected chi connectivity index (χ2v) is 4.79. The molecule has 0 bridgehead atoms. The van der Waals surface area contributed by atoms with Crippen molar-refractivity contribution >= 4 is 15.9 Å². The minimum absolute atomic E-state index is 0.902. The van der Waals surface area contributed by atoms with Crippen LogP contribution in [0, 0.1) is 6.92 Å². The van der Waals surface area contributed by atoms with Crippen LogP contribution in [0.5, 0.6) is 0 Å². The average molecular weight is 279 g/mol. The Hall–Kier alpha value is -1.06. The first kappa shape index (κ1) is 11.4. The van der Waals surface area contributed by atoms with Crippen molar-refractivity contribution in [2.45, 2.75) is 13.5 Å². The van der Waals surface area contributed by atoms with Crippen LogP contribution in [0.25, 0.3) is 11.3 Å². The maximum absolute atomic E-state index is 3.44. The van der Waals surface area contributed by atoms with Gasteiger partial charge in [0.1, 0.15) is 0 Å². The van der Waals surface area contributed by atoms with Crippen LogP contribution < -0.4 is 5.32 Å². The van der Waals surface area contributed by atoms with Crippen LogP contribution in [0.2, 0.25) is 0 Å². The van der Waals surface area contributed by atoms with Crippen molar-refractivity contribution in [3.8, 4) is 11.3 Å². The Kier molecular flexibility index (Phi) is 3.46. The van der Waals surface area contributed by atoms with E-state index in [9.17, 15) is 0 Å². The molecular weight excluding hydrogens is 264 g/mol. The molecule has 0 saturated heterocycles. The Labute approximate surface area is 104 Å². The van der Waals surface area contributed by atoms with E-state index in [1.807, 2.05) is 7.05 Å². The summed E-state index contributed by atoms with van der Waals surface area (Å²) in [5, 5.41) is 3.17. The molecule has 1 heterocycles. The fourth-order valence-corrected chi connectivity index (χ4v) is 2.02. The van der Waals surface area contributed by atoms with Gasteiger partial charge in [-0.15, -0.1) is 0 Å². The quantitative estimate of drug-likeness (QED) is 0.884. The molecule has 0 amide bonds. The summed E-state index contributed by atoms with van der Waals surface area (Å²) in [7, 11) is 1.96. The summed E-state index contributed by atoms with van der Waals surface area (Å²) in [6.45, 7) is 3.01. The Bertz CT molecular complexity index is 471. The summed E-state index contributed by atoms with van der Waals surface area (Å²) in [5.41, 5.74) is 4.94. The van der Waals surface area contributed by atoms with Crippen LogP contribution in [0.15, 0.2) is 34.8 Å². The lowest BCUT2D eigenvalue weighted by Gasteiger charge is -1.97. The van der Waals surface area contributed by atoms with Crippen LogP contribution in [0.3, 0.4) is 0 Å². The van der Waals surface area contributed by atoms with Crippen molar-refractivity contribution in [3.63, 3.8) is 0 Å². The third-order valence-corrected chi connectivity index (χ3v) is 3.17. The van der Waals surface area contributed by atoms with Gasteiger partial charge >= 0.3 is 0 Å². The molecule has 2 nitrogen and oxygen atoms in total. The van der Waals surface area contributed by atoms with E-state index in [0.29, 0.717) is 0 Å². The molecule has 2 rings (SSSR count). The number of H-pyrrole nitrogens is 1. The molecule has 3 heteroatoms. The Morgan fingerprint density at radius 1 is 1.25 bits per heavy atom. The molecule has 0 radical (unpaired) electrons. The highest BCUT2D eigenvalue weighted by molar-refractivity contribution is 9.10. The van der Waals surface area contributed by atoms with Gasteiger partial charge in [0, 0.05) is 22.4 Å².